The summed E-state index contributed by atoms with van der Waals surface area (Å²) in [6, 6.07) is 7.75. The van der Waals surface area contributed by atoms with Gasteiger partial charge in [-0.15, -0.1) is 0 Å². The maximum absolute atomic E-state index is 6.35. The summed E-state index contributed by atoms with van der Waals surface area (Å²) >= 11 is 0. The molecule has 3 aromatic rings. The van der Waals surface area contributed by atoms with Gasteiger partial charge in [-0.05, 0) is 30.7 Å². The molecule has 0 spiro atoms. The van der Waals surface area contributed by atoms with Crippen molar-refractivity contribution in [3.8, 4) is 23.0 Å². The van der Waals surface area contributed by atoms with Crippen LogP contribution in [0.1, 0.15) is 29.4 Å². The molecule has 0 N–H and O–H groups in total. The number of methoxy groups -OCH3 is 3. The molecule has 8 heteroatoms. The van der Waals surface area contributed by atoms with Crippen LogP contribution in [0.4, 0.5) is 0 Å². The molecule has 0 radical (unpaired) electrons. The number of ether oxygens (including phenoxy) is 4. The van der Waals surface area contributed by atoms with E-state index >= 15 is 0 Å². The van der Waals surface area contributed by atoms with Gasteiger partial charge < -0.3 is 23.4 Å². The molecule has 1 atom stereocenters. The molecule has 4 heterocycles. The summed E-state index contributed by atoms with van der Waals surface area (Å²) in [5.41, 5.74) is 5.18. The van der Waals surface area contributed by atoms with Crippen molar-refractivity contribution in [3.05, 3.63) is 58.9 Å². The monoisotopic (exact) mass is 459 g/mol. The van der Waals surface area contributed by atoms with Gasteiger partial charge in [0.15, 0.2) is 23.1 Å². The molecule has 0 aliphatic carbocycles. The number of benzene rings is 2. The number of nitrogens with zero attached hydrogens (tertiary/aromatic N) is 3. The van der Waals surface area contributed by atoms with Crippen LogP contribution in [0.2, 0.25) is 0 Å². The van der Waals surface area contributed by atoms with Crippen molar-refractivity contribution < 1.29 is 23.4 Å². The molecule has 0 fully saturated rings. The highest BCUT2D eigenvalue weighted by atomic mass is 16.5. The van der Waals surface area contributed by atoms with E-state index in [0.717, 1.165) is 50.7 Å². The standard InChI is InChI=1S/C26H25N3O5/c1-13(2)18-11-16-17(33-18)7-6-14(24(16)32-5)23-22-15-10-20(30-3)21(31-4)12-19(15)34-25(22)26-27-8-9-29(26)28-23/h6-7,10,12,18H,1,8-9,11H2,2-5H3/t18-/m1/s1. The van der Waals surface area contributed by atoms with Crippen LogP contribution in [0.25, 0.3) is 11.0 Å². The number of hydrogen-bond donors (Lipinski definition) is 0. The lowest BCUT2D eigenvalue weighted by Crippen LogP contribution is -2.30. The van der Waals surface area contributed by atoms with Gasteiger partial charge in [-0.1, -0.05) is 6.58 Å². The second kappa shape index (κ2) is 7.55. The van der Waals surface area contributed by atoms with Gasteiger partial charge in [0.25, 0.3) is 0 Å². The predicted octanol–water partition coefficient (Wildman–Crippen LogP) is 4.17. The second-order valence-electron chi connectivity index (χ2n) is 8.57. The minimum absolute atomic E-state index is 0.0631. The SMILES string of the molecule is C=C(C)[C@H]1Cc2c(ccc(C3=NN4CCN=C4c4oc5cc(OC)c(OC)cc5c43)c2OC)O1. The Morgan fingerprint density at radius 1 is 1.12 bits per heavy atom. The zero-order chi connectivity index (χ0) is 23.6. The van der Waals surface area contributed by atoms with Crippen LogP contribution in [0.5, 0.6) is 23.0 Å². The van der Waals surface area contributed by atoms with E-state index < -0.39 is 0 Å². The van der Waals surface area contributed by atoms with E-state index in [0.29, 0.717) is 42.4 Å². The molecule has 2 aromatic carbocycles. The molecule has 174 valence electrons. The van der Waals surface area contributed by atoms with Crippen LogP contribution in [0.3, 0.4) is 0 Å². The maximum Gasteiger partial charge on any atom is 0.188 e. The Morgan fingerprint density at radius 2 is 1.91 bits per heavy atom. The fraction of sp³-hybridized carbons (Fsp3) is 0.308. The number of hydrazone groups is 1. The van der Waals surface area contributed by atoms with Crippen molar-refractivity contribution in [2.24, 2.45) is 10.1 Å². The number of aliphatic imine (C=N–C) groups is 1. The van der Waals surface area contributed by atoms with Gasteiger partial charge in [0, 0.05) is 29.0 Å². The third-order valence-corrected chi connectivity index (χ3v) is 6.56. The molecule has 3 aliphatic heterocycles. The topological polar surface area (TPSA) is 78.0 Å². The number of amidine groups is 1. The minimum atomic E-state index is -0.0631. The molecule has 0 saturated heterocycles. The van der Waals surface area contributed by atoms with Crippen molar-refractivity contribution in [2.75, 3.05) is 34.4 Å². The van der Waals surface area contributed by atoms with Crippen molar-refractivity contribution in [2.45, 2.75) is 19.4 Å². The first-order valence-corrected chi connectivity index (χ1v) is 11.2. The van der Waals surface area contributed by atoms with E-state index in [9.17, 15) is 0 Å². The van der Waals surface area contributed by atoms with Crippen LogP contribution in [0.15, 0.2) is 50.9 Å². The van der Waals surface area contributed by atoms with Crippen molar-refractivity contribution in [1.82, 2.24) is 5.01 Å². The molecular formula is C26H25N3O5. The number of furan rings is 1. The molecule has 0 unspecified atom stereocenters. The fourth-order valence-corrected chi connectivity index (χ4v) is 4.89. The lowest BCUT2D eigenvalue weighted by atomic mass is 9.94. The highest BCUT2D eigenvalue weighted by Crippen LogP contribution is 2.44. The molecule has 0 bridgehead atoms. The quantitative estimate of drug-likeness (QED) is 0.533. The number of hydrogen-bond acceptors (Lipinski definition) is 8. The van der Waals surface area contributed by atoms with Crippen LogP contribution in [-0.4, -0.2) is 57.1 Å². The van der Waals surface area contributed by atoms with E-state index in [-0.39, 0.29) is 6.10 Å². The van der Waals surface area contributed by atoms with Gasteiger partial charge in [0.05, 0.1) is 40.0 Å². The maximum atomic E-state index is 6.35. The zero-order valence-corrected chi connectivity index (χ0v) is 19.6. The van der Waals surface area contributed by atoms with Crippen molar-refractivity contribution in [3.63, 3.8) is 0 Å². The Labute approximate surface area is 197 Å². The molecular weight excluding hydrogens is 434 g/mol. The Bertz CT molecular complexity index is 1420. The Balaban J connectivity index is 1.59. The van der Waals surface area contributed by atoms with E-state index in [1.165, 1.54) is 0 Å². The lowest BCUT2D eigenvalue weighted by Gasteiger charge is -2.23. The first-order chi connectivity index (χ1) is 16.5. The summed E-state index contributed by atoms with van der Waals surface area (Å²) in [5.74, 6) is 4.21. The molecule has 34 heavy (non-hydrogen) atoms. The fourth-order valence-electron chi connectivity index (χ4n) is 4.89. The van der Waals surface area contributed by atoms with Crippen LogP contribution >= 0.6 is 0 Å². The minimum Gasteiger partial charge on any atom is -0.496 e. The van der Waals surface area contributed by atoms with E-state index in [4.69, 9.17) is 28.5 Å². The molecule has 6 rings (SSSR count). The Kier molecular flexibility index (Phi) is 4.58. The normalized spacial score (nSPS) is 18.0. The average Bonchev–Trinajstić information content (AvgIpc) is 3.57. The third-order valence-electron chi connectivity index (χ3n) is 6.56. The molecule has 8 nitrogen and oxygen atoms in total. The van der Waals surface area contributed by atoms with E-state index in [1.54, 1.807) is 21.3 Å². The second-order valence-corrected chi connectivity index (χ2v) is 8.57. The van der Waals surface area contributed by atoms with Gasteiger partial charge in [-0.3, -0.25) is 4.99 Å². The summed E-state index contributed by atoms with van der Waals surface area (Å²) in [4.78, 5) is 4.66. The highest BCUT2D eigenvalue weighted by Gasteiger charge is 2.37. The highest BCUT2D eigenvalue weighted by molar-refractivity contribution is 6.27. The molecule has 0 saturated carbocycles. The third kappa shape index (κ3) is 2.84. The van der Waals surface area contributed by atoms with E-state index in [2.05, 4.69) is 11.6 Å². The number of fused-ring (bicyclic) bond motifs is 6. The number of rotatable bonds is 5. The predicted molar refractivity (Wildman–Crippen MR) is 129 cm³/mol. The summed E-state index contributed by atoms with van der Waals surface area (Å²) in [7, 11) is 4.91. The van der Waals surface area contributed by atoms with Gasteiger partial charge in [0.2, 0.25) is 0 Å². The zero-order valence-electron chi connectivity index (χ0n) is 19.6. The van der Waals surface area contributed by atoms with Crippen molar-refractivity contribution >= 4 is 22.5 Å². The first kappa shape index (κ1) is 20.7. The van der Waals surface area contributed by atoms with Gasteiger partial charge >= 0.3 is 0 Å². The smallest absolute Gasteiger partial charge is 0.188 e. The Morgan fingerprint density at radius 3 is 2.65 bits per heavy atom. The van der Waals surface area contributed by atoms with Crippen molar-refractivity contribution in [1.29, 1.82) is 0 Å². The average molecular weight is 460 g/mol. The summed E-state index contributed by atoms with van der Waals surface area (Å²) in [6.07, 6.45) is 0.641. The van der Waals surface area contributed by atoms with Gasteiger partial charge in [-0.2, -0.15) is 5.10 Å². The lowest BCUT2D eigenvalue weighted by molar-refractivity contribution is 0.271. The van der Waals surface area contributed by atoms with Crippen LogP contribution in [-0.2, 0) is 6.42 Å². The summed E-state index contributed by atoms with van der Waals surface area (Å²) in [5, 5.41) is 7.78. The van der Waals surface area contributed by atoms with Gasteiger partial charge in [-0.25, -0.2) is 5.01 Å². The summed E-state index contributed by atoms with van der Waals surface area (Å²) in [6.45, 7) is 7.40. The first-order valence-electron chi connectivity index (χ1n) is 11.2. The van der Waals surface area contributed by atoms with Crippen LogP contribution in [0, 0.1) is 0 Å². The van der Waals surface area contributed by atoms with E-state index in [1.807, 2.05) is 36.2 Å². The van der Waals surface area contributed by atoms with Gasteiger partial charge in [0.1, 0.15) is 28.9 Å². The van der Waals surface area contributed by atoms with Crippen LogP contribution < -0.4 is 18.9 Å². The molecule has 0 amide bonds. The largest absolute Gasteiger partial charge is 0.496 e. The molecule has 1 aromatic heterocycles. The molecule has 3 aliphatic rings. The summed E-state index contributed by atoms with van der Waals surface area (Å²) < 4.78 is 29.5. The Hall–Kier alpha value is -3.94.